The number of hydrogen-bond donors (Lipinski definition) is 2. The van der Waals surface area contributed by atoms with Crippen LogP contribution in [0.4, 0.5) is 0 Å². The monoisotopic (exact) mass is 376 g/mol. The first-order valence-corrected chi connectivity index (χ1v) is 6.61. The lowest BCUT2D eigenvalue weighted by molar-refractivity contribution is -0.146. The lowest BCUT2D eigenvalue weighted by Gasteiger charge is -2.07. The van der Waals surface area contributed by atoms with Crippen molar-refractivity contribution in [1.82, 2.24) is 10.9 Å². The molecule has 7 heteroatoms. The van der Waals surface area contributed by atoms with Gasteiger partial charge in [-0.3, -0.25) is 25.2 Å². The fourth-order valence-corrected chi connectivity index (χ4v) is 1.55. The first-order chi connectivity index (χ1) is 9.02. The summed E-state index contributed by atoms with van der Waals surface area (Å²) in [5.41, 5.74) is 4.77. The van der Waals surface area contributed by atoms with Gasteiger partial charge in [-0.2, -0.15) is 0 Å². The molecule has 0 fully saturated rings. The minimum absolute atomic E-state index is 0.209. The van der Waals surface area contributed by atoms with E-state index in [2.05, 4.69) is 38.2 Å². The van der Waals surface area contributed by atoms with Crippen LogP contribution in [0.1, 0.15) is 23.7 Å². The number of hydrazine groups is 1. The topological polar surface area (TPSA) is 84.5 Å². The standard InChI is InChI=1S/C12H13IN2O4/c1-2-19-11(17)7-10(16)14-15-12(18)8-3-5-9(13)6-4-8/h3-6H,2,7H2,1H3,(H,14,16)(H,15,18). The molecule has 6 nitrogen and oxygen atoms in total. The Hall–Kier alpha value is -1.64. The highest BCUT2D eigenvalue weighted by molar-refractivity contribution is 14.1. The summed E-state index contributed by atoms with van der Waals surface area (Å²) < 4.78 is 5.60. The molecule has 1 rings (SSSR count). The Morgan fingerprint density at radius 2 is 1.79 bits per heavy atom. The molecule has 0 bridgehead atoms. The van der Waals surface area contributed by atoms with Gasteiger partial charge >= 0.3 is 5.97 Å². The normalized spacial score (nSPS) is 9.58. The van der Waals surface area contributed by atoms with E-state index in [0.717, 1.165) is 3.57 Å². The van der Waals surface area contributed by atoms with Gasteiger partial charge in [-0.05, 0) is 53.8 Å². The van der Waals surface area contributed by atoms with E-state index >= 15 is 0 Å². The SMILES string of the molecule is CCOC(=O)CC(=O)NNC(=O)c1ccc(I)cc1. The number of carbonyl (C=O) groups is 3. The minimum atomic E-state index is -0.636. The van der Waals surface area contributed by atoms with Crippen molar-refractivity contribution in [3.63, 3.8) is 0 Å². The Morgan fingerprint density at radius 3 is 2.37 bits per heavy atom. The molecule has 19 heavy (non-hydrogen) atoms. The van der Waals surface area contributed by atoms with Gasteiger partial charge in [-0.15, -0.1) is 0 Å². The highest BCUT2D eigenvalue weighted by Crippen LogP contribution is 2.06. The van der Waals surface area contributed by atoms with Crippen LogP contribution in [0.15, 0.2) is 24.3 Å². The third-order valence-corrected chi connectivity index (χ3v) is 2.75. The summed E-state index contributed by atoms with van der Waals surface area (Å²) in [6.45, 7) is 1.86. The molecule has 102 valence electrons. The smallest absolute Gasteiger partial charge is 0.315 e. The van der Waals surface area contributed by atoms with Gasteiger partial charge in [0.05, 0.1) is 6.61 Å². The van der Waals surface area contributed by atoms with Crippen LogP contribution >= 0.6 is 22.6 Å². The zero-order chi connectivity index (χ0) is 14.3. The fourth-order valence-electron chi connectivity index (χ4n) is 1.19. The van der Waals surface area contributed by atoms with E-state index in [1.807, 2.05) is 0 Å². The molecule has 1 aromatic carbocycles. The molecular weight excluding hydrogens is 363 g/mol. The Bertz CT molecular complexity index is 473. The molecule has 0 aliphatic heterocycles. The predicted molar refractivity (Wildman–Crippen MR) is 76.0 cm³/mol. The van der Waals surface area contributed by atoms with Crippen LogP contribution in [0.3, 0.4) is 0 Å². The summed E-state index contributed by atoms with van der Waals surface area (Å²) in [6, 6.07) is 6.81. The first-order valence-electron chi connectivity index (χ1n) is 5.53. The molecule has 0 aromatic heterocycles. The maximum Gasteiger partial charge on any atom is 0.315 e. The number of amides is 2. The van der Waals surface area contributed by atoms with E-state index in [1.54, 1.807) is 31.2 Å². The molecule has 0 spiro atoms. The van der Waals surface area contributed by atoms with Crippen molar-refractivity contribution in [2.24, 2.45) is 0 Å². The Balaban J connectivity index is 2.40. The van der Waals surface area contributed by atoms with Gasteiger partial charge in [0.2, 0.25) is 5.91 Å². The minimum Gasteiger partial charge on any atom is -0.466 e. The summed E-state index contributed by atoms with van der Waals surface area (Å²) in [6.07, 6.45) is -0.430. The summed E-state index contributed by atoms with van der Waals surface area (Å²) in [7, 11) is 0. The van der Waals surface area contributed by atoms with Crippen LogP contribution in [-0.4, -0.2) is 24.4 Å². The van der Waals surface area contributed by atoms with Gasteiger partial charge in [0.25, 0.3) is 5.91 Å². The highest BCUT2D eigenvalue weighted by atomic mass is 127. The molecule has 0 atom stereocenters. The van der Waals surface area contributed by atoms with Crippen LogP contribution in [0.2, 0.25) is 0 Å². The molecule has 0 radical (unpaired) electrons. The van der Waals surface area contributed by atoms with Crippen molar-refractivity contribution >= 4 is 40.4 Å². The number of esters is 1. The van der Waals surface area contributed by atoms with Gasteiger partial charge in [0.15, 0.2) is 0 Å². The van der Waals surface area contributed by atoms with E-state index in [9.17, 15) is 14.4 Å². The number of rotatable bonds is 4. The Morgan fingerprint density at radius 1 is 1.16 bits per heavy atom. The molecule has 0 unspecified atom stereocenters. The Kier molecular flexibility index (Phi) is 6.26. The molecule has 1 aromatic rings. The zero-order valence-electron chi connectivity index (χ0n) is 10.2. The van der Waals surface area contributed by atoms with E-state index in [-0.39, 0.29) is 6.61 Å². The second-order valence-corrected chi connectivity index (χ2v) is 4.74. The van der Waals surface area contributed by atoms with Crippen LogP contribution in [0.25, 0.3) is 0 Å². The van der Waals surface area contributed by atoms with Crippen LogP contribution in [0.5, 0.6) is 0 Å². The van der Waals surface area contributed by atoms with Crippen molar-refractivity contribution in [2.75, 3.05) is 6.61 Å². The van der Waals surface area contributed by atoms with Crippen LogP contribution in [0, 0.1) is 3.57 Å². The number of hydrogen-bond acceptors (Lipinski definition) is 4. The third kappa shape index (κ3) is 5.69. The van der Waals surface area contributed by atoms with Gasteiger partial charge in [-0.25, -0.2) is 0 Å². The molecular formula is C12H13IN2O4. The van der Waals surface area contributed by atoms with Gasteiger partial charge in [-0.1, -0.05) is 0 Å². The first kappa shape index (κ1) is 15.4. The average Bonchev–Trinajstić information content (AvgIpc) is 2.37. The van der Waals surface area contributed by atoms with Crippen LogP contribution in [-0.2, 0) is 14.3 Å². The molecule has 0 aliphatic carbocycles. The molecule has 0 aliphatic rings. The summed E-state index contributed by atoms with van der Waals surface area (Å²) in [4.78, 5) is 33.9. The third-order valence-electron chi connectivity index (χ3n) is 2.03. The van der Waals surface area contributed by atoms with Crippen molar-refractivity contribution in [3.8, 4) is 0 Å². The molecule has 2 amide bonds. The van der Waals surface area contributed by atoms with Gasteiger partial charge < -0.3 is 4.74 Å². The Labute approximate surface area is 124 Å². The quantitative estimate of drug-likeness (QED) is 0.356. The molecule has 0 saturated carbocycles. The second-order valence-electron chi connectivity index (χ2n) is 3.49. The summed E-state index contributed by atoms with van der Waals surface area (Å²) in [5.74, 6) is -1.71. The van der Waals surface area contributed by atoms with Crippen molar-refractivity contribution in [2.45, 2.75) is 13.3 Å². The number of carbonyl (C=O) groups excluding carboxylic acids is 3. The second kappa shape index (κ2) is 7.72. The highest BCUT2D eigenvalue weighted by Gasteiger charge is 2.11. The average molecular weight is 376 g/mol. The van der Waals surface area contributed by atoms with Gasteiger partial charge in [0, 0.05) is 9.13 Å². The molecule has 0 saturated heterocycles. The van der Waals surface area contributed by atoms with Gasteiger partial charge in [0.1, 0.15) is 6.42 Å². The number of nitrogens with one attached hydrogen (secondary N) is 2. The van der Waals surface area contributed by atoms with E-state index in [1.165, 1.54) is 0 Å². The maximum atomic E-state index is 11.6. The number of halogens is 1. The molecule has 2 N–H and O–H groups in total. The van der Waals surface area contributed by atoms with E-state index < -0.39 is 24.2 Å². The summed E-state index contributed by atoms with van der Waals surface area (Å²) >= 11 is 2.12. The molecule has 0 heterocycles. The maximum absolute atomic E-state index is 11.6. The van der Waals surface area contributed by atoms with Crippen molar-refractivity contribution in [1.29, 1.82) is 0 Å². The number of ether oxygens (including phenoxy) is 1. The lowest BCUT2D eigenvalue weighted by Crippen LogP contribution is -2.42. The number of benzene rings is 1. The van der Waals surface area contributed by atoms with Crippen LogP contribution < -0.4 is 10.9 Å². The van der Waals surface area contributed by atoms with E-state index in [4.69, 9.17) is 0 Å². The van der Waals surface area contributed by atoms with E-state index in [0.29, 0.717) is 5.56 Å². The largest absolute Gasteiger partial charge is 0.466 e. The lowest BCUT2D eigenvalue weighted by atomic mass is 10.2. The van der Waals surface area contributed by atoms with Crippen molar-refractivity contribution in [3.05, 3.63) is 33.4 Å². The fraction of sp³-hybridized carbons (Fsp3) is 0.250. The van der Waals surface area contributed by atoms with Crippen molar-refractivity contribution < 1.29 is 19.1 Å². The predicted octanol–water partition coefficient (Wildman–Crippen LogP) is 1.01. The zero-order valence-corrected chi connectivity index (χ0v) is 12.4. The summed E-state index contributed by atoms with van der Waals surface area (Å²) in [5, 5.41) is 0.